The van der Waals surface area contributed by atoms with Gasteiger partial charge in [-0.25, -0.2) is 0 Å². The Labute approximate surface area is 115 Å². The van der Waals surface area contributed by atoms with Crippen LogP contribution in [-0.2, 0) is 11.2 Å². The summed E-state index contributed by atoms with van der Waals surface area (Å²) in [4.78, 5) is 12.1. The van der Waals surface area contributed by atoms with Crippen molar-refractivity contribution in [3.63, 3.8) is 0 Å². The van der Waals surface area contributed by atoms with Crippen molar-refractivity contribution in [3.8, 4) is 5.75 Å². The van der Waals surface area contributed by atoms with E-state index in [2.05, 4.69) is 19.1 Å². The first-order valence-electron chi connectivity index (χ1n) is 7.53. The molecule has 1 fully saturated rings. The molecule has 1 heterocycles. The van der Waals surface area contributed by atoms with Crippen LogP contribution in [0.1, 0.15) is 44.6 Å². The molecule has 0 saturated heterocycles. The first-order valence-corrected chi connectivity index (χ1v) is 7.53. The Hall–Kier alpha value is -1.31. The van der Waals surface area contributed by atoms with Crippen molar-refractivity contribution < 1.29 is 9.53 Å². The molecule has 0 aromatic heterocycles. The molecule has 1 aromatic rings. The molecule has 0 bridgehead atoms. The summed E-state index contributed by atoms with van der Waals surface area (Å²) in [6, 6.07) is 8.24. The van der Waals surface area contributed by atoms with E-state index in [0.29, 0.717) is 5.78 Å². The molecule has 3 atom stereocenters. The van der Waals surface area contributed by atoms with Crippen molar-refractivity contribution in [2.75, 3.05) is 0 Å². The lowest BCUT2D eigenvalue weighted by molar-refractivity contribution is -0.126. The van der Waals surface area contributed by atoms with Gasteiger partial charge in [0, 0.05) is 18.8 Å². The van der Waals surface area contributed by atoms with Crippen LogP contribution in [0.2, 0.25) is 0 Å². The molecule has 1 aromatic carbocycles. The predicted octanol–water partition coefficient (Wildman–Crippen LogP) is 3.78. The summed E-state index contributed by atoms with van der Waals surface area (Å²) in [6.45, 7) is 2.24. The number of carbonyl (C=O) groups is 1. The maximum atomic E-state index is 12.1. The topological polar surface area (TPSA) is 26.3 Å². The smallest absolute Gasteiger partial charge is 0.136 e. The molecule has 0 radical (unpaired) electrons. The number of ether oxygens (including phenoxy) is 1. The molecule has 0 N–H and O–H groups in total. The average molecular weight is 258 g/mol. The van der Waals surface area contributed by atoms with E-state index in [9.17, 15) is 4.79 Å². The SMILES string of the molecule is CCC1CCC(=O)C(CC2Cc3ccccc3O2)C1. The van der Waals surface area contributed by atoms with E-state index in [-0.39, 0.29) is 12.0 Å². The summed E-state index contributed by atoms with van der Waals surface area (Å²) in [5, 5.41) is 0. The molecule has 2 heteroatoms. The van der Waals surface area contributed by atoms with Gasteiger partial charge in [-0.1, -0.05) is 31.5 Å². The van der Waals surface area contributed by atoms with Gasteiger partial charge in [0.05, 0.1) is 0 Å². The minimum Gasteiger partial charge on any atom is -0.490 e. The third kappa shape index (κ3) is 2.68. The summed E-state index contributed by atoms with van der Waals surface area (Å²) >= 11 is 0. The highest BCUT2D eigenvalue weighted by molar-refractivity contribution is 5.81. The number of hydrogen-bond donors (Lipinski definition) is 0. The average Bonchev–Trinajstić information content (AvgIpc) is 2.83. The molecule has 1 aliphatic heterocycles. The molecular formula is C17H22O2. The summed E-state index contributed by atoms with van der Waals surface area (Å²) in [5.74, 6) is 2.46. The van der Waals surface area contributed by atoms with Crippen LogP contribution in [0.4, 0.5) is 0 Å². The standard InChI is InChI=1S/C17H22O2/c1-2-12-7-8-16(18)14(9-12)11-15-10-13-5-3-4-6-17(13)19-15/h3-6,12,14-15H,2,7-11H2,1H3. The van der Waals surface area contributed by atoms with Crippen LogP contribution in [-0.4, -0.2) is 11.9 Å². The number of fused-ring (bicyclic) bond motifs is 1. The first-order chi connectivity index (χ1) is 9.26. The first kappa shape index (κ1) is 12.7. The summed E-state index contributed by atoms with van der Waals surface area (Å²) in [5.41, 5.74) is 1.29. The van der Waals surface area contributed by atoms with E-state index in [1.54, 1.807) is 0 Å². The Morgan fingerprint density at radius 1 is 1.32 bits per heavy atom. The number of para-hydroxylation sites is 1. The minimum absolute atomic E-state index is 0.210. The number of carbonyl (C=O) groups excluding carboxylic acids is 1. The minimum atomic E-state index is 0.210. The van der Waals surface area contributed by atoms with Gasteiger partial charge in [-0.2, -0.15) is 0 Å². The molecule has 2 nitrogen and oxygen atoms in total. The van der Waals surface area contributed by atoms with Gasteiger partial charge < -0.3 is 4.74 Å². The van der Waals surface area contributed by atoms with E-state index in [4.69, 9.17) is 4.74 Å². The largest absolute Gasteiger partial charge is 0.490 e. The highest BCUT2D eigenvalue weighted by atomic mass is 16.5. The molecule has 3 rings (SSSR count). The number of benzene rings is 1. The lowest BCUT2D eigenvalue weighted by Crippen LogP contribution is -2.29. The van der Waals surface area contributed by atoms with Crippen LogP contribution < -0.4 is 4.74 Å². The molecule has 1 aliphatic carbocycles. The summed E-state index contributed by atoms with van der Waals surface area (Å²) in [6.07, 6.45) is 6.24. The zero-order chi connectivity index (χ0) is 13.2. The number of hydrogen-bond acceptors (Lipinski definition) is 2. The monoisotopic (exact) mass is 258 g/mol. The van der Waals surface area contributed by atoms with Crippen LogP contribution in [0.25, 0.3) is 0 Å². The number of Topliss-reactive ketones (excluding diaryl/α,β-unsaturated/α-hetero) is 1. The quantitative estimate of drug-likeness (QED) is 0.824. The molecule has 0 amide bonds. The second-order valence-corrected chi connectivity index (χ2v) is 6.00. The van der Waals surface area contributed by atoms with Crippen molar-refractivity contribution in [2.45, 2.75) is 51.6 Å². The van der Waals surface area contributed by atoms with Crippen LogP contribution in [0.15, 0.2) is 24.3 Å². The van der Waals surface area contributed by atoms with E-state index < -0.39 is 0 Å². The fourth-order valence-corrected chi connectivity index (χ4v) is 3.50. The van der Waals surface area contributed by atoms with Crippen molar-refractivity contribution in [1.29, 1.82) is 0 Å². The second-order valence-electron chi connectivity index (χ2n) is 6.00. The molecule has 2 aliphatic rings. The Balaban J connectivity index is 1.62. The number of ketones is 1. The van der Waals surface area contributed by atoms with Gasteiger partial charge in [0.15, 0.2) is 0 Å². The van der Waals surface area contributed by atoms with E-state index >= 15 is 0 Å². The van der Waals surface area contributed by atoms with Crippen molar-refractivity contribution >= 4 is 5.78 Å². The molecule has 1 saturated carbocycles. The molecule has 19 heavy (non-hydrogen) atoms. The zero-order valence-corrected chi connectivity index (χ0v) is 11.6. The second kappa shape index (κ2) is 5.36. The molecular weight excluding hydrogens is 236 g/mol. The third-order valence-corrected chi connectivity index (χ3v) is 4.71. The molecule has 102 valence electrons. The van der Waals surface area contributed by atoms with Crippen molar-refractivity contribution in [2.24, 2.45) is 11.8 Å². The Morgan fingerprint density at radius 2 is 2.16 bits per heavy atom. The Morgan fingerprint density at radius 3 is 2.95 bits per heavy atom. The van der Waals surface area contributed by atoms with Gasteiger partial charge in [0.2, 0.25) is 0 Å². The van der Waals surface area contributed by atoms with Crippen molar-refractivity contribution in [1.82, 2.24) is 0 Å². The normalized spacial score (nSPS) is 29.9. The number of rotatable bonds is 3. The van der Waals surface area contributed by atoms with E-state index in [1.807, 2.05) is 12.1 Å². The third-order valence-electron chi connectivity index (χ3n) is 4.71. The highest BCUT2D eigenvalue weighted by Crippen LogP contribution is 2.36. The van der Waals surface area contributed by atoms with Gasteiger partial charge in [-0.05, 0) is 36.8 Å². The van der Waals surface area contributed by atoms with Gasteiger partial charge in [-0.3, -0.25) is 4.79 Å². The summed E-state index contributed by atoms with van der Waals surface area (Å²) < 4.78 is 5.97. The fourth-order valence-electron chi connectivity index (χ4n) is 3.50. The van der Waals surface area contributed by atoms with Gasteiger partial charge in [0.1, 0.15) is 17.6 Å². The zero-order valence-electron chi connectivity index (χ0n) is 11.6. The maximum absolute atomic E-state index is 12.1. The van der Waals surface area contributed by atoms with Gasteiger partial charge >= 0.3 is 0 Å². The predicted molar refractivity (Wildman–Crippen MR) is 75.3 cm³/mol. The molecule has 3 unspecified atom stereocenters. The molecule has 0 spiro atoms. The Kier molecular flexibility index (Phi) is 3.58. The lowest BCUT2D eigenvalue weighted by Gasteiger charge is -2.28. The summed E-state index contributed by atoms with van der Waals surface area (Å²) in [7, 11) is 0. The van der Waals surface area contributed by atoms with E-state index in [1.165, 1.54) is 12.0 Å². The van der Waals surface area contributed by atoms with Crippen LogP contribution in [0, 0.1) is 11.8 Å². The van der Waals surface area contributed by atoms with Gasteiger partial charge in [-0.15, -0.1) is 0 Å². The van der Waals surface area contributed by atoms with Crippen LogP contribution in [0.3, 0.4) is 0 Å². The Bertz CT molecular complexity index is 441. The highest BCUT2D eigenvalue weighted by Gasteiger charge is 2.32. The van der Waals surface area contributed by atoms with Crippen molar-refractivity contribution in [3.05, 3.63) is 29.8 Å². The van der Waals surface area contributed by atoms with Gasteiger partial charge in [0.25, 0.3) is 0 Å². The maximum Gasteiger partial charge on any atom is 0.136 e. The lowest BCUT2D eigenvalue weighted by atomic mass is 9.77. The van der Waals surface area contributed by atoms with Crippen LogP contribution in [0.5, 0.6) is 5.75 Å². The van der Waals surface area contributed by atoms with E-state index in [0.717, 1.165) is 43.8 Å². The van der Waals surface area contributed by atoms with Crippen LogP contribution >= 0.6 is 0 Å². The fraction of sp³-hybridized carbons (Fsp3) is 0.588.